The molecule has 1 unspecified atom stereocenters. The van der Waals surface area contributed by atoms with Crippen LogP contribution in [0.4, 0.5) is 9.18 Å². The molecule has 1 aliphatic heterocycles. The van der Waals surface area contributed by atoms with Crippen molar-refractivity contribution in [2.24, 2.45) is 5.92 Å². The number of imide groups is 1. The van der Waals surface area contributed by atoms with E-state index in [1.54, 1.807) is 41.3 Å². The van der Waals surface area contributed by atoms with Crippen molar-refractivity contribution >= 4 is 11.9 Å². The molecule has 1 atom stereocenters. The van der Waals surface area contributed by atoms with Gasteiger partial charge in [-0.15, -0.1) is 0 Å². The van der Waals surface area contributed by atoms with Crippen LogP contribution in [0.5, 0.6) is 5.75 Å². The number of nitrogens with one attached hydrogen (secondary N) is 1. The summed E-state index contributed by atoms with van der Waals surface area (Å²) in [4.78, 5) is 26.6. The van der Waals surface area contributed by atoms with E-state index in [1.807, 2.05) is 48.5 Å². The Hall–Kier alpha value is -3.67. The molecule has 5 nitrogen and oxygen atoms in total. The molecule has 170 valence electrons. The van der Waals surface area contributed by atoms with Gasteiger partial charge in [0.1, 0.15) is 18.5 Å². The van der Waals surface area contributed by atoms with Crippen LogP contribution in [0, 0.1) is 5.92 Å². The predicted octanol–water partition coefficient (Wildman–Crippen LogP) is 5.54. The van der Waals surface area contributed by atoms with Crippen LogP contribution < -0.4 is 10.1 Å². The van der Waals surface area contributed by atoms with E-state index >= 15 is 0 Å². The van der Waals surface area contributed by atoms with Crippen LogP contribution in [0.3, 0.4) is 0 Å². The number of urea groups is 1. The number of amides is 3. The number of hydrogen-bond acceptors (Lipinski definition) is 3. The van der Waals surface area contributed by atoms with Gasteiger partial charge in [-0.3, -0.25) is 10.1 Å². The molecule has 0 spiro atoms. The lowest BCUT2D eigenvalue weighted by Gasteiger charge is -2.33. The van der Waals surface area contributed by atoms with Gasteiger partial charge in [0.25, 0.3) is 5.91 Å². The molecule has 4 rings (SSSR count). The van der Waals surface area contributed by atoms with E-state index in [0.717, 1.165) is 5.56 Å². The highest BCUT2D eigenvalue weighted by Crippen LogP contribution is 2.33. The molecule has 0 saturated carbocycles. The maximum absolute atomic E-state index is 14.8. The third-order valence-corrected chi connectivity index (χ3v) is 5.94. The Balaban J connectivity index is 1.24. The minimum Gasteiger partial charge on any atom is -0.489 e. The number of carbonyl (C=O) groups excluding carboxylic acids is 2. The first kappa shape index (κ1) is 22.5. The first-order valence-electron chi connectivity index (χ1n) is 11.2. The van der Waals surface area contributed by atoms with E-state index in [0.29, 0.717) is 49.4 Å². The van der Waals surface area contributed by atoms with Crippen LogP contribution in [0.2, 0.25) is 0 Å². The fourth-order valence-corrected chi connectivity index (χ4v) is 4.00. The molecular weight excluding hydrogens is 419 g/mol. The topological polar surface area (TPSA) is 58.6 Å². The third-order valence-electron chi connectivity index (χ3n) is 5.94. The number of hydrogen-bond donors (Lipinski definition) is 1. The van der Waals surface area contributed by atoms with Gasteiger partial charge in [-0.25, -0.2) is 9.18 Å². The SMILES string of the molecule is O=C(NC(=O)N1CCC(C(F)c2ccccc2)CC1)c1ccc(OCc2ccccc2)cc1. The van der Waals surface area contributed by atoms with Crippen LogP contribution in [-0.4, -0.2) is 29.9 Å². The lowest BCUT2D eigenvalue weighted by Crippen LogP contribution is -2.46. The third kappa shape index (κ3) is 5.98. The second-order valence-electron chi connectivity index (χ2n) is 8.19. The first-order valence-corrected chi connectivity index (χ1v) is 11.2. The molecule has 3 aromatic rings. The minimum absolute atomic E-state index is 0.129. The van der Waals surface area contributed by atoms with Crippen molar-refractivity contribution in [1.29, 1.82) is 0 Å². The second-order valence-corrected chi connectivity index (χ2v) is 8.19. The monoisotopic (exact) mass is 446 g/mol. The summed E-state index contributed by atoms with van der Waals surface area (Å²) in [6.07, 6.45) is 0.0802. The quantitative estimate of drug-likeness (QED) is 0.541. The molecule has 33 heavy (non-hydrogen) atoms. The molecule has 3 aromatic carbocycles. The van der Waals surface area contributed by atoms with E-state index in [2.05, 4.69) is 5.32 Å². The van der Waals surface area contributed by atoms with Gasteiger partial charge in [0.2, 0.25) is 0 Å². The predicted molar refractivity (Wildman–Crippen MR) is 125 cm³/mol. The molecule has 0 bridgehead atoms. The Kier molecular flexibility index (Phi) is 7.35. The average molecular weight is 447 g/mol. The van der Waals surface area contributed by atoms with Crippen molar-refractivity contribution in [2.75, 3.05) is 13.1 Å². The lowest BCUT2D eigenvalue weighted by atomic mass is 9.88. The summed E-state index contributed by atoms with van der Waals surface area (Å²) in [6.45, 7) is 1.28. The molecule has 1 heterocycles. The number of carbonyl (C=O) groups is 2. The van der Waals surface area contributed by atoms with Gasteiger partial charge in [-0.1, -0.05) is 60.7 Å². The number of rotatable bonds is 6. The largest absolute Gasteiger partial charge is 0.489 e. The Morgan fingerprint density at radius 1 is 0.909 bits per heavy atom. The van der Waals surface area contributed by atoms with Crippen LogP contribution >= 0.6 is 0 Å². The number of halogens is 1. The maximum atomic E-state index is 14.8. The maximum Gasteiger partial charge on any atom is 0.324 e. The van der Waals surface area contributed by atoms with Gasteiger partial charge in [-0.2, -0.15) is 0 Å². The highest BCUT2D eigenvalue weighted by molar-refractivity contribution is 6.04. The van der Waals surface area contributed by atoms with Gasteiger partial charge in [0, 0.05) is 18.7 Å². The fourth-order valence-electron chi connectivity index (χ4n) is 4.00. The molecule has 1 N–H and O–H groups in total. The number of alkyl halides is 1. The van der Waals surface area contributed by atoms with Crippen molar-refractivity contribution in [2.45, 2.75) is 25.6 Å². The number of benzene rings is 3. The van der Waals surface area contributed by atoms with Crippen LogP contribution in [-0.2, 0) is 6.61 Å². The highest BCUT2D eigenvalue weighted by atomic mass is 19.1. The zero-order chi connectivity index (χ0) is 23.0. The lowest BCUT2D eigenvalue weighted by molar-refractivity contribution is 0.0931. The molecular formula is C27H27FN2O3. The first-order chi connectivity index (χ1) is 16.1. The smallest absolute Gasteiger partial charge is 0.324 e. The van der Waals surface area contributed by atoms with Crippen molar-refractivity contribution in [3.63, 3.8) is 0 Å². The van der Waals surface area contributed by atoms with Crippen LogP contribution in [0.25, 0.3) is 0 Å². The van der Waals surface area contributed by atoms with Crippen molar-refractivity contribution in [1.82, 2.24) is 10.2 Å². The van der Waals surface area contributed by atoms with Gasteiger partial charge in [0.05, 0.1) is 0 Å². The summed E-state index contributed by atoms with van der Waals surface area (Å²) in [6, 6.07) is 25.1. The molecule has 1 fully saturated rings. The second kappa shape index (κ2) is 10.8. The molecule has 0 aromatic heterocycles. The van der Waals surface area contributed by atoms with Crippen LogP contribution in [0.1, 0.15) is 40.5 Å². The zero-order valence-corrected chi connectivity index (χ0v) is 18.3. The highest BCUT2D eigenvalue weighted by Gasteiger charge is 2.30. The van der Waals surface area contributed by atoms with Gasteiger partial charge in [0.15, 0.2) is 0 Å². The van der Waals surface area contributed by atoms with E-state index in [9.17, 15) is 14.0 Å². The van der Waals surface area contributed by atoms with Crippen LogP contribution in [0.15, 0.2) is 84.9 Å². The molecule has 1 saturated heterocycles. The van der Waals surface area contributed by atoms with Crippen molar-refractivity contribution in [3.8, 4) is 5.75 Å². The number of likely N-dealkylation sites (tertiary alicyclic amines) is 1. The fraction of sp³-hybridized carbons (Fsp3) is 0.259. The molecule has 6 heteroatoms. The molecule has 3 amide bonds. The number of piperidine rings is 1. The van der Waals surface area contributed by atoms with E-state index < -0.39 is 18.1 Å². The Morgan fingerprint density at radius 2 is 1.52 bits per heavy atom. The zero-order valence-electron chi connectivity index (χ0n) is 18.3. The van der Waals surface area contributed by atoms with Gasteiger partial charge in [-0.05, 0) is 54.2 Å². The standard InChI is InChI=1S/C27H27FN2O3/c28-25(21-9-5-2-6-10-21)22-15-17-30(18-16-22)27(32)29-26(31)23-11-13-24(14-12-23)33-19-20-7-3-1-4-8-20/h1-14,22,25H,15-19H2,(H,29,31,32). The van der Waals surface area contributed by atoms with Gasteiger partial charge < -0.3 is 9.64 Å². The van der Waals surface area contributed by atoms with E-state index in [4.69, 9.17) is 4.74 Å². The summed E-state index contributed by atoms with van der Waals surface area (Å²) >= 11 is 0. The van der Waals surface area contributed by atoms with E-state index in [-0.39, 0.29) is 5.92 Å². The Morgan fingerprint density at radius 3 is 2.15 bits per heavy atom. The summed E-state index contributed by atoms with van der Waals surface area (Å²) in [7, 11) is 0. The van der Waals surface area contributed by atoms with Crippen molar-refractivity contribution < 1.29 is 18.7 Å². The number of nitrogens with zero attached hydrogens (tertiary/aromatic N) is 1. The number of ether oxygens (including phenoxy) is 1. The molecule has 0 radical (unpaired) electrons. The summed E-state index contributed by atoms with van der Waals surface area (Å²) in [5.74, 6) is 0.0444. The summed E-state index contributed by atoms with van der Waals surface area (Å²) in [5, 5.41) is 2.43. The Labute approximate surface area is 193 Å². The summed E-state index contributed by atoms with van der Waals surface area (Å²) in [5.41, 5.74) is 2.10. The minimum atomic E-state index is -1.04. The van der Waals surface area contributed by atoms with E-state index in [1.165, 1.54) is 0 Å². The van der Waals surface area contributed by atoms with Gasteiger partial charge >= 0.3 is 6.03 Å². The normalized spacial score (nSPS) is 15.0. The summed E-state index contributed by atoms with van der Waals surface area (Å²) < 4.78 is 20.5. The Bertz CT molecular complexity index is 1050. The molecule has 1 aliphatic rings. The average Bonchev–Trinajstić information content (AvgIpc) is 2.88. The molecule has 0 aliphatic carbocycles. The van der Waals surface area contributed by atoms with Crippen molar-refractivity contribution in [3.05, 3.63) is 102 Å².